The van der Waals surface area contributed by atoms with E-state index in [1.165, 1.54) is 10.9 Å². The van der Waals surface area contributed by atoms with Crippen molar-refractivity contribution < 1.29 is 19.5 Å². The Bertz CT molecular complexity index is 1260. The lowest BCUT2D eigenvalue weighted by Crippen LogP contribution is -2.43. The van der Waals surface area contributed by atoms with Gasteiger partial charge in [-0.25, -0.2) is 9.48 Å². The Morgan fingerprint density at radius 2 is 1.67 bits per heavy atom. The molecule has 1 fully saturated rings. The van der Waals surface area contributed by atoms with Crippen LogP contribution >= 0.6 is 0 Å². The van der Waals surface area contributed by atoms with Gasteiger partial charge in [-0.3, -0.25) is 19.5 Å². The number of nitrogens with zero attached hydrogens (tertiary/aromatic N) is 4. The van der Waals surface area contributed by atoms with E-state index in [1.54, 1.807) is 23.2 Å². The van der Waals surface area contributed by atoms with Crippen LogP contribution in [-0.2, 0) is 4.79 Å². The van der Waals surface area contributed by atoms with Crippen LogP contribution < -0.4 is 10.6 Å². The Hall–Kier alpha value is -4.01. The van der Waals surface area contributed by atoms with E-state index in [9.17, 15) is 19.5 Å². The van der Waals surface area contributed by atoms with Crippen molar-refractivity contribution in [1.82, 2.24) is 14.8 Å². The predicted octanol–water partition coefficient (Wildman–Crippen LogP) is 4.30. The second-order valence-corrected chi connectivity index (χ2v) is 9.72. The lowest BCUT2D eigenvalue weighted by molar-refractivity contribution is -0.124. The van der Waals surface area contributed by atoms with Crippen molar-refractivity contribution in [3.63, 3.8) is 0 Å². The number of primary amides is 1. The summed E-state index contributed by atoms with van der Waals surface area (Å²) in [7, 11) is 0. The minimum absolute atomic E-state index is 0.0171. The first-order valence-corrected chi connectivity index (χ1v) is 12.2. The van der Waals surface area contributed by atoms with Gasteiger partial charge in [-0.05, 0) is 69.2 Å². The number of rotatable bonds is 7. The van der Waals surface area contributed by atoms with Crippen molar-refractivity contribution in [1.29, 1.82) is 0 Å². The van der Waals surface area contributed by atoms with Gasteiger partial charge in [0.2, 0.25) is 5.91 Å². The van der Waals surface area contributed by atoms with E-state index < -0.39 is 11.9 Å². The number of carbonyl (C=O) groups is 3. The van der Waals surface area contributed by atoms with Gasteiger partial charge >= 0.3 is 5.97 Å². The molecule has 0 spiro atoms. The second kappa shape index (κ2) is 10.3. The summed E-state index contributed by atoms with van der Waals surface area (Å²) in [5.74, 6) is -1.14. The number of carboxylic acids is 1. The van der Waals surface area contributed by atoms with Crippen LogP contribution in [0.5, 0.6) is 0 Å². The average Bonchev–Trinajstić information content (AvgIpc) is 3.29. The number of anilines is 1. The van der Waals surface area contributed by atoms with Crippen LogP contribution in [0.1, 0.15) is 67.3 Å². The highest BCUT2D eigenvalue weighted by Crippen LogP contribution is 2.33. The van der Waals surface area contributed by atoms with E-state index in [2.05, 4.69) is 17.0 Å². The maximum absolute atomic E-state index is 13.5. The Labute approximate surface area is 209 Å². The van der Waals surface area contributed by atoms with Gasteiger partial charge in [-0.15, -0.1) is 5.10 Å². The van der Waals surface area contributed by atoms with E-state index in [-0.39, 0.29) is 34.9 Å². The van der Waals surface area contributed by atoms with Crippen molar-refractivity contribution in [2.45, 2.75) is 52.5 Å². The molecular weight excluding hydrogens is 458 g/mol. The van der Waals surface area contributed by atoms with Crippen molar-refractivity contribution in [2.24, 2.45) is 17.6 Å². The first kappa shape index (κ1) is 25.1. The van der Waals surface area contributed by atoms with Crippen LogP contribution in [0.25, 0.3) is 16.8 Å². The van der Waals surface area contributed by atoms with Crippen molar-refractivity contribution in [2.75, 3.05) is 4.90 Å². The number of carboxylic acid groups (broad SMARTS) is 1. The molecule has 0 bridgehead atoms. The lowest BCUT2D eigenvalue weighted by atomic mass is 9.82. The molecule has 0 radical (unpaired) electrons. The molecule has 1 aliphatic carbocycles. The average molecular weight is 490 g/mol. The second-order valence-electron chi connectivity index (χ2n) is 9.72. The quantitative estimate of drug-likeness (QED) is 0.509. The first-order valence-electron chi connectivity index (χ1n) is 12.2. The molecule has 36 heavy (non-hydrogen) atoms. The van der Waals surface area contributed by atoms with Crippen LogP contribution in [0.2, 0.25) is 0 Å². The summed E-state index contributed by atoms with van der Waals surface area (Å²) in [4.78, 5) is 42.5. The van der Waals surface area contributed by atoms with Gasteiger partial charge in [0.15, 0.2) is 5.82 Å². The summed E-state index contributed by atoms with van der Waals surface area (Å²) < 4.78 is 1.49. The first-order chi connectivity index (χ1) is 17.2. The van der Waals surface area contributed by atoms with Gasteiger partial charge in [0.05, 0.1) is 5.69 Å². The van der Waals surface area contributed by atoms with E-state index in [0.29, 0.717) is 11.6 Å². The number of carbonyl (C=O) groups excluding carboxylic acids is 2. The van der Waals surface area contributed by atoms with Crippen LogP contribution in [0.3, 0.4) is 0 Å². The highest BCUT2D eigenvalue weighted by molar-refractivity contribution is 6.01. The number of pyridine rings is 1. The number of aromatic carboxylic acids is 1. The van der Waals surface area contributed by atoms with Crippen LogP contribution in [0.15, 0.2) is 48.8 Å². The van der Waals surface area contributed by atoms with E-state index in [0.717, 1.165) is 36.8 Å². The topological polar surface area (TPSA) is 131 Å². The van der Waals surface area contributed by atoms with Gasteiger partial charge in [-0.1, -0.05) is 25.1 Å². The minimum atomic E-state index is -1.13. The third kappa shape index (κ3) is 5.15. The van der Waals surface area contributed by atoms with Crippen molar-refractivity contribution in [3.8, 4) is 16.8 Å². The summed E-state index contributed by atoms with van der Waals surface area (Å²) in [5, 5.41) is 14.5. The zero-order valence-corrected chi connectivity index (χ0v) is 20.7. The zero-order valence-electron chi connectivity index (χ0n) is 20.7. The molecule has 0 aliphatic heterocycles. The van der Waals surface area contributed by atoms with E-state index >= 15 is 0 Å². The molecule has 0 atom stereocenters. The van der Waals surface area contributed by atoms with Crippen molar-refractivity contribution >= 4 is 23.6 Å². The number of hydrogen-bond donors (Lipinski definition) is 2. The monoisotopic (exact) mass is 489 g/mol. The molecule has 4 rings (SSSR count). The van der Waals surface area contributed by atoms with Crippen molar-refractivity contribution in [3.05, 3.63) is 60.0 Å². The molecular formula is C27H31N5O4. The molecule has 0 unspecified atom stereocenters. The molecule has 1 aliphatic rings. The minimum Gasteiger partial charge on any atom is -0.477 e. The Morgan fingerprint density at radius 1 is 1.03 bits per heavy atom. The lowest BCUT2D eigenvalue weighted by Gasteiger charge is -2.32. The standard InChI is InChI=1S/C27H31N5O4/c1-16(2)32(26(34)19-6-4-17(3)5-7-19)25-22(27(35)36)15-31(30-25)21-11-8-18(9-12-21)20-10-13-23(24(28)33)29-14-20/h8-17,19H,4-7H2,1-3H3,(H2,28,33)(H,35,36). The highest BCUT2D eigenvalue weighted by atomic mass is 16.4. The number of aromatic nitrogens is 3. The molecule has 3 aromatic rings. The number of amides is 2. The SMILES string of the molecule is CC1CCC(C(=O)N(c2nn(-c3ccc(-c4ccc(C(N)=O)nc4)cc3)cc2C(=O)O)C(C)C)CC1. The highest BCUT2D eigenvalue weighted by Gasteiger charge is 2.34. The molecule has 0 saturated heterocycles. The smallest absolute Gasteiger partial charge is 0.341 e. The molecule has 2 aromatic heterocycles. The molecule has 2 amide bonds. The number of hydrogen-bond acceptors (Lipinski definition) is 5. The molecule has 1 aromatic carbocycles. The maximum Gasteiger partial charge on any atom is 0.341 e. The molecule has 9 heteroatoms. The Morgan fingerprint density at radius 3 is 2.19 bits per heavy atom. The summed E-state index contributed by atoms with van der Waals surface area (Å²) >= 11 is 0. The summed E-state index contributed by atoms with van der Waals surface area (Å²) in [6, 6.07) is 10.4. The Balaban J connectivity index is 1.64. The summed E-state index contributed by atoms with van der Waals surface area (Å²) in [6.45, 7) is 5.95. The molecule has 1 saturated carbocycles. The fourth-order valence-electron chi connectivity index (χ4n) is 4.65. The van der Waals surface area contributed by atoms with Gasteiger partial charge in [0.25, 0.3) is 5.91 Å². The molecule has 9 nitrogen and oxygen atoms in total. The van der Waals surface area contributed by atoms with Crippen LogP contribution in [0.4, 0.5) is 5.82 Å². The molecule has 188 valence electrons. The van der Waals surface area contributed by atoms with Gasteiger partial charge in [0, 0.05) is 29.9 Å². The summed E-state index contributed by atoms with van der Waals surface area (Å²) in [5.41, 5.74) is 7.73. The largest absolute Gasteiger partial charge is 0.477 e. The van der Waals surface area contributed by atoms with Crippen LogP contribution in [-0.4, -0.2) is 43.7 Å². The number of nitrogens with two attached hydrogens (primary N) is 1. The summed E-state index contributed by atoms with van der Waals surface area (Å²) in [6.07, 6.45) is 6.63. The molecule has 2 heterocycles. The fourth-order valence-corrected chi connectivity index (χ4v) is 4.65. The maximum atomic E-state index is 13.5. The Kier molecular flexibility index (Phi) is 7.19. The van der Waals surface area contributed by atoms with Crippen LogP contribution in [0, 0.1) is 11.8 Å². The van der Waals surface area contributed by atoms with Gasteiger partial charge in [-0.2, -0.15) is 0 Å². The van der Waals surface area contributed by atoms with E-state index in [4.69, 9.17) is 5.73 Å². The van der Waals surface area contributed by atoms with Gasteiger partial charge < -0.3 is 10.8 Å². The third-order valence-corrected chi connectivity index (χ3v) is 6.75. The van der Waals surface area contributed by atoms with E-state index in [1.807, 2.05) is 38.1 Å². The number of benzene rings is 1. The zero-order chi connectivity index (χ0) is 26.0. The van der Waals surface area contributed by atoms with Gasteiger partial charge in [0.1, 0.15) is 11.3 Å². The fraction of sp³-hybridized carbons (Fsp3) is 0.370. The third-order valence-electron chi connectivity index (χ3n) is 6.75. The molecule has 3 N–H and O–H groups in total. The normalized spacial score (nSPS) is 17.7. The predicted molar refractivity (Wildman–Crippen MR) is 136 cm³/mol.